The van der Waals surface area contributed by atoms with Crippen LogP contribution in [0.2, 0.25) is 0 Å². The van der Waals surface area contributed by atoms with Gasteiger partial charge in [0.2, 0.25) is 0 Å². The van der Waals surface area contributed by atoms with E-state index in [1.54, 1.807) is 32.0 Å². The lowest BCUT2D eigenvalue weighted by molar-refractivity contribution is 0.0518. The Hall–Kier alpha value is -3.41. The number of hydrogen-bond acceptors (Lipinski definition) is 6. The lowest BCUT2D eigenvalue weighted by Gasteiger charge is -2.15. The number of carbonyl (C=O) groups excluding carboxylic acids is 2. The van der Waals surface area contributed by atoms with E-state index in [0.29, 0.717) is 40.9 Å². The number of nitrogens with one attached hydrogen (secondary N) is 1. The van der Waals surface area contributed by atoms with Crippen molar-refractivity contribution in [1.29, 1.82) is 0 Å². The Labute approximate surface area is 169 Å². The molecular formula is C23H24N2O4. The average molecular weight is 392 g/mol. The second kappa shape index (κ2) is 9.68. The van der Waals surface area contributed by atoms with E-state index in [1.807, 2.05) is 18.2 Å². The van der Waals surface area contributed by atoms with Gasteiger partial charge < -0.3 is 14.8 Å². The van der Waals surface area contributed by atoms with Crippen LogP contribution in [0.3, 0.4) is 0 Å². The third-order valence-electron chi connectivity index (χ3n) is 4.43. The van der Waals surface area contributed by atoms with E-state index < -0.39 is 11.9 Å². The molecule has 0 spiro atoms. The van der Waals surface area contributed by atoms with Gasteiger partial charge in [-0.3, -0.25) is 4.98 Å². The number of hydrogen-bond donors (Lipinski definition) is 1. The molecule has 0 aliphatic rings. The Morgan fingerprint density at radius 2 is 1.69 bits per heavy atom. The molecule has 6 nitrogen and oxygen atoms in total. The maximum absolute atomic E-state index is 12.5. The van der Waals surface area contributed by atoms with Crippen molar-refractivity contribution in [2.45, 2.75) is 20.3 Å². The summed E-state index contributed by atoms with van der Waals surface area (Å²) >= 11 is 0. The third kappa shape index (κ3) is 4.90. The summed E-state index contributed by atoms with van der Waals surface area (Å²) in [6.07, 6.45) is 2.29. The molecule has 6 heteroatoms. The molecule has 0 bridgehead atoms. The van der Waals surface area contributed by atoms with Gasteiger partial charge in [-0.05, 0) is 44.0 Å². The molecule has 0 unspecified atom stereocenters. The highest BCUT2D eigenvalue weighted by Gasteiger charge is 2.18. The van der Waals surface area contributed by atoms with Crippen LogP contribution in [0, 0.1) is 0 Å². The number of esters is 2. The number of pyridine rings is 1. The molecule has 0 saturated carbocycles. The van der Waals surface area contributed by atoms with Crippen molar-refractivity contribution in [3.8, 4) is 0 Å². The number of anilines is 1. The molecule has 150 valence electrons. The second-order valence-electron chi connectivity index (χ2n) is 6.38. The van der Waals surface area contributed by atoms with Gasteiger partial charge in [0.1, 0.15) is 5.56 Å². The summed E-state index contributed by atoms with van der Waals surface area (Å²) in [7, 11) is 0. The van der Waals surface area contributed by atoms with Gasteiger partial charge in [0.15, 0.2) is 0 Å². The highest BCUT2D eigenvalue weighted by Crippen LogP contribution is 2.28. The Morgan fingerprint density at radius 3 is 2.41 bits per heavy atom. The normalized spacial score (nSPS) is 10.6. The number of aromatic nitrogens is 1. The molecule has 0 aliphatic carbocycles. The van der Waals surface area contributed by atoms with Gasteiger partial charge in [0.05, 0.1) is 30.0 Å². The molecule has 3 rings (SSSR count). The van der Waals surface area contributed by atoms with Crippen LogP contribution in [0.5, 0.6) is 0 Å². The zero-order valence-electron chi connectivity index (χ0n) is 16.6. The quantitative estimate of drug-likeness (QED) is 0.578. The van der Waals surface area contributed by atoms with Crippen LogP contribution < -0.4 is 5.32 Å². The van der Waals surface area contributed by atoms with Crippen molar-refractivity contribution in [3.05, 3.63) is 71.4 Å². The lowest BCUT2D eigenvalue weighted by atomic mass is 10.1. The van der Waals surface area contributed by atoms with Crippen LogP contribution >= 0.6 is 0 Å². The van der Waals surface area contributed by atoms with Gasteiger partial charge >= 0.3 is 11.9 Å². The summed E-state index contributed by atoms with van der Waals surface area (Å²) < 4.78 is 10.3. The zero-order chi connectivity index (χ0) is 20.6. The molecular weight excluding hydrogens is 368 g/mol. The first-order valence-electron chi connectivity index (χ1n) is 9.68. The van der Waals surface area contributed by atoms with Crippen LogP contribution in [0.1, 0.15) is 40.1 Å². The monoisotopic (exact) mass is 392 g/mol. The highest BCUT2D eigenvalue weighted by atomic mass is 16.5. The van der Waals surface area contributed by atoms with Crippen molar-refractivity contribution >= 4 is 28.5 Å². The first-order chi connectivity index (χ1) is 14.1. The lowest BCUT2D eigenvalue weighted by Crippen LogP contribution is -2.13. The fourth-order valence-corrected chi connectivity index (χ4v) is 3.06. The van der Waals surface area contributed by atoms with Crippen LogP contribution in [-0.4, -0.2) is 36.7 Å². The van der Waals surface area contributed by atoms with Crippen molar-refractivity contribution in [2.24, 2.45) is 0 Å². The fraction of sp³-hybridized carbons (Fsp3) is 0.261. The molecule has 1 aromatic heterocycles. The molecule has 0 saturated heterocycles. The highest BCUT2D eigenvalue weighted by molar-refractivity contribution is 6.06. The Morgan fingerprint density at radius 1 is 0.966 bits per heavy atom. The van der Waals surface area contributed by atoms with Crippen LogP contribution in [0.25, 0.3) is 10.9 Å². The van der Waals surface area contributed by atoms with Gasteiger partial charge in [-0.1, -0.05) is 30.3 Å². The Kier molecular flexibility index (Phi) is 6.79. The SMILES string of the molecule is CCOC(=O)c1ccc2ncc(C(=O)OCC)c(NCCc3ccccc3)c2c1. The van der Waals surface area contributed by atoms with E-state index in [-0.39, 0.29) is 6.61 Å². The Balaban J connectivity index is 1.98. The van der Waals surface area contributed by atoms with E-state index in [0.717, 1.165) is 6.42 Å². The van der Waals surface area contributed by atoms with Gasteiger partial charge in [-0.15, -0.1) is 0 Å². The number of rotatable bonds is 8. The molecule has 0 radical (unpaired) electrons. The molecule has 2 aromatic carbocycles. The summed E-state index contributed by atoms with van der Waals surface area (Å²) in [5.41, 5.74) is 3.22. The first-order valence-corrected chi connectivity index (χ1v) is 9.68. The standard InChI is InChI=1S/C23H24N2O4/c1-3-28-22(26)17-10-11-20-18(14-17)21(19(15-25-20)23(27)29-4-2)24-13-12-16-8-6-5-7-9-16/h5-11,14-15H,3-4,12-13H2,1-2H3,(H,24,25). The van der Waals surface area contributed by atoms with Gasteiger partial charge in [0.25, 0.3) is 0 Å². The summed E-state index contributed by atoms with van der Waals surface area (Å²) in [5, 5.41) is 4.02. The van der Waals surface area contributed by atoms with E-state index in [9.17, 15) is 9.59 Å². The summed E-state index contributed by atoms with van der Waals surface area (Å²) in [6.45, 7) is 4.69. The van der Waals surface area contributed by atoms with E-state index in [1.165, 1.54) is 11.8 Å². The molecule has 1 N–H and O–H groups in total. The largest absolute Gasteiger partial charge is 0.462 e. The van der Waals surface area contributed by atoms with Gasteiger partial charge in [-0.25, -0.2) is 9.59 Å². The van der Waals surface area contributed by atoms with Crippen molar-refractivity contribution in [2.75, 3.05) is 25.1 Å². The van der Waals surface area contributed by atoms with Gasteiger partial charge in [-0.2, -0.15) is 0 Å². The summed E-state index contributed by atoms with van der Waals surface area (Å²) in [4.78, 5) is 29.0. The third-order valence-corrected chi connectivity index (χ3v) is 4.43. The minimum Gasteiger partial charge on any atom is -0.462 e. The number of ether oxygens (including phenoxy) is 2. The van der Waals surface area contributed by atoms with Crippen LogP contribution in [0.15, 0.2) is 54.7 Å². The smallest absolute Gasteiger partial charge is 0.341 e. The topological polar surface area (TPSA) is 77.5 Å². The second-order valence-corrected chi connectivity index (χ2v) is 6.38. The number of fused-ring (bicyclic) bond motifs is 1. The average Bonchev–Trinajstić information content (AvgIpc) is 2.74. The summed E-state index contributed by atoms with van der Waals surface area (Å²) in [6, 6.07) is 15.2. The number of benzene rings is 2. The van der Waals surface area contributed by atoms with Crippen LogP contribution in [0.4, 0.5) is 5.69 Å². The van der Waals surface area contributed by atoms with Crippen LogP contribution in [-0.2, 0) is 15.9 Å². The van der Waals surface area contributed by atoms with Crippen molar-refractivity contribution in [1.82, 2.24) is 4.98 Å². The maximum atomic E-state index is 12.5. The molecule has 3 aromatic rings. The summed E-state index contributed by atoms with van der Waals surface area (Å²) in [5.74, 6) is -0.864. The van der Waals surface area contributed by atoms with Crippen molar-refractivity contribution < 1.29 is 19.1 Å². The molecule has 0 amide bonds. The molecule has 0 atom stereocenters. The van der Waals surface area contributed by atoms with E-state index >= 15 is 0 Å². The predicted octanol–water partition coefficient (Wildman–Crippen LogP) is 4.24. The molecule has 1 heterocycles. The van der Waals surface area contributed by atoms with E-state index in [4.69, 9.17) is 9.47 Å². The maximum Gasteiger partial charge on any atom is 0.341 e. The Bertz CT molecular complexity index is 997. The fourth-order valence-electron chi connectivity index (χ4n) is 3.06. The molecule has 0 fully saturated rings. The number of carbonyl (C=O) groups is 2. The predicted molar refractivity (Wildman–Crippen MR) is 112 cm³/mol. The van der Waals surface area contributed by atoms with E-state index in [2.05, 4.69) is 22.4 Å². The molecule has 29 heavy (non-hydrogen) atoms. The minimum absolute atomic E-state index is 0.267. The first kappa shape index (κ1) is 20.3. The minimum atomic E-state index is -0.453. The number of nitrogens with zero attached hydrogens (tertiary/aromatic N) is 1. The van der Waals surface area contributed by atoms with Gasteiger partial charge in [0, 0.05) is 18.1 Å². The zero-order valence-corrected chi connectivity index (χ0v) is 16.6. The van der Waals surface area contributed by atoms with Crippen molar-refractivity contribution in [3.63, 3.8) is 0 Å². The molecule has 0 aliphatic heterocycles.